The highest BCUT2D eigenvalue weighted by Gasteiger charge is 2.16. The van der Waals surface area contributed by atoms with Gasteiger partial charge in [0.05, 0.1) is 5.69 Å². The van der Waals surface area contributed by atoms with Crippen LogP contribution in [0.4, 0.5) is 15.9 Å². The summed E-state index contributed by atoms with van der Waals surface area (Å²) < 4.78 is 13.9. The Hall–Kier alpha value is -3.38. The van der Waals surface area contributed by atoms with Gasteiger partial charge in [0.25, 0.3) is 0 Å². The molecule has 4 rings (SSSR count). The lowest BCUT2D eigenvalue weighted by Crippen LogP contribution is -2.36. The lowest BCUT2D eigenvalue weighted by molar-refractivity contribution is -0.114. The summed E-state index contributed by atoms with van der Waals surface area (Å²) in [7, 11) is 0. The molecule has 0 fully saturated rings. The van der Waals surface area contributed by atoms with Crippen LogP contribution in [-0.2, 0) is 17.8 Å². The first-order chi connectivity index (χ1) is 14.1. The van der Waals surface area contributed by atoms with Crippen LogP contribution in [0, 0.1) is 5.82 Å². The molecule has 1 amide bonds. The molecule has 0 saturated carbocycles. The van der Waals surface area contributed by atoms with E-state index < -0.39 is 0 Å². The average molecular weight is 388 g/mol. The molecule has 2 N–H and O–H groups in total. The van der Waals surface area contributed by atoms with E-state index in [4.69, 9.17) is 0 Å². The molecule has 5 nitrogen and oxygen atoms in total. The van der Waals surface area contributed by atoms with Gasteiger partial charge in [0.2, 0.25) is 5.91 Å². The third kappa shape index (κ3) is 4.55. The molecule has 3 aromatic rings. The minimum atomic E-state index is -0.348. The summed E-state index contributed by atoms with van der Waals surface area (Å²) in [5, 5.41) is 6.12. The molecule has 1 aromatic heterocycles. The second-order valence-corrected chi connectivity index (χ2v) is 7.01. The summed E-state index contributed by atoms with van der Waals surface area (Å²) in [6, 6.07) is 16.5. The number of halogens is 1. The second-order valence-electron chi connectivity index (χ2n) is 7.01. The molecule has 1 atom stereocenters. The van der Waals surface area contributed by atoms with Gasteiger partial charge in [0, 0.05) is 43.6 Å². The Morgan fingerprint density at radius 1 is 1.21 bits per heavy atom. The molecule has 0 spiro atoms. The summed E-state index contributed by atoms with van der Waals surface area (Å²) in [5.74, 6) is -0.102. The lowest BCUT2D eigenvalue weighted by atomic mass is 9.96. The number of hydrogen-bond donors (Lipinski definition) is 2. The fourth-order valence-corrected chi connectivity index (χ4v) is 3.46. The van der Waals surface area contributed by atoms with Crippen molar-refractivity contribution in [3.8, 4) is 11.1 Å². The fourth-order valence-electron chi connectivity index (χ4n) is 3.46. The molecule has 6 heteroatoms. The van der Waals surface area contributed by atoms with E-state index in [-0.39, 0.29) is 17.8 Å². The predicted molar refractivity (Wildman–Crippen MR) is 113 cm³/mol. The Morgan fingerprint density at radius 2 is 2.03 bits per heavy atom. The zero-order chi connectivity index (χ0) is 20.2. The van der Waals surface area contributed by atoms with Gasteiger partial charge in [-0.2, -0.15) is 0 Å². The van der Waals surface area contributed by atoms with Crippen molar-refractivity contribution in [3.63, 3.8) is 0 Å². The third-order valence-corrected chi connectivity index (χ3v) is 4.84. The van der Waals surface area contributed by atoms with E-state index in [0.717, 1.165) is 24.1 Å². The number of benzene rings is 2. The molecule has 0 unspecified atom stereocenters. The number of fused-ring (bicyclic) bond motifs is 1. The van der Waals surface area contributed by atoms with Crippen LogP contribution in [-0.4, -0.2) is 23.1 Å². The first-order valence-electron chi connectivity index (χ1n) is 9.46. The highest BCUT2D eigenvalue weighted by atomic mass is 19.1. The summed E-state index contributed by atoms with van der Waals surface area (Å²) in [6.07, 6.45) is 4.29. The summed E-state index contributed by atoms with van der Waals surface area (Å²) in [6.45, 7) is 2.21. The number of amides is 1. The Kier molecular flexibility index (Phi) is 5.44. The van der Waals surface area contributed by atoms with Crippen molar-refractivity contribution in [1.82, 2.24) is 10.3 Å². The number of carbonyl (C=O) groups is 1. The molecule has 2 heterocycles. The Labute approximate surface area is 168 Å². The molecule has 0 saturated heterocycles. The van der Waals surface area contributed by atoms with Crippen molar-refractivity contribution in [2.45, 2.75) is 25.9 Å². The molecule has 0 radical (unpaired) electrons. The van der Waals surface area contributed by atoms with E-state index in [1.165, 1.54) is 30.2 Å². The zero-order valence-corrected chi connectivity index (χ0v) is 16.0. The molecule has 1 aliphatic rings. The number of hydrogen-bond acceptors (Lipinski definition) is 4. The van der Waals surface area contributed by atoms with Gasteiger partial charge < -0.3 is 10.6 Å². The highest BCUT2D eigenvalue weighted by Crippen LogP contribution is 2.32. The molecular formula is C23H21FN4O. The normalized spacial score (nSPS) is 15.9. The minimum absolute atomic E-state index is 0.0772. The number of anilines is 1. The molecule has 146 valence electrons. The van der Waals surface area contributed by atoms with Crippen LogP contribution in [0.3, 0.4) is 0 Å². The molecular weight excluding hydrogens is 367 g/mol. The molecule has 0 bridgehead atoms. The van der Waals surface area contributed by atoms with E-state index in [1.54, 1.807) is 18.3 Å². The number of nitrogens with zero attached hydrogens (tertiary/aromatic N) is 2. The maximum atomic E-state index is 13.9. The van der Waals surface area contributed by atoms with Crippen molar-refractivity contribution in [1.29, 1.82) is 0 Å². The summed E-state index contributed by atoms with van der Waals surface area (Å²) >= 11 is 0. The largest absolute Gasteiger partial charge is 0.311 e. The number of aromatic nitrogens is 1. The number of nitrogens with one attached hydrogen (secondary N) is 2. The first-order valence-corrected chi connectivity index (χ1v) is 9.46. The number of rotatable bonds is 4. The van der Waals surface area contributed by atoms with E-state index >= 15 is 0 Å². The van der Waals surface area contributed by atoms with Crippen molar-refractivity contribution < 1.29 is 9.18 Å². The topological polar surface area (TPSA) is 66.4 Å². The van der Waals surface area contributed by atoms with Crippen molar-refractivity contribution in [2.75, 3.05) is 5.32 Å². The number of pyridine rings is 1. The minimum Gasteiger partial charge on any atom is -0.311 e. The van der Waals surface area contributed by atoms with Gasteiger partial charge in [-0.15, -0.1) is 0 Å². The van der Waals surface area contributed by atoms with Gasteiger partial charge >= 0.3 is 0 Å². The molecule has 2 aromatic carbocycles. The first kappa shape index (κ1) is 19.0. The summed E-state index contributed by atoms with van der Waals surface area (Å²) in [4.78, 5) is 20.0. The number of aliphatic imine (C=N–C) groups is 1. The van der Waals surface area contributed by atoms with Crippen LogP contribution in [0.1, 0.15) is 18.1 Å². The smallest absolute Gasteiger partial charge is 0.222 e. The van der Waals surface area contributed by atoms with E-state index in [0.29, 0.717) is 11.5 Å². The van der Waals surface area contributed by atoms with Crippen LogP contribution in [0.25, 0.3) is 11.1 Å². The summed E-state index contributed by atoms with van der Waals surface area (Å²) in [5.41, 5.74) is 4.71. The van der Waals surface area contributed by atoms with Gasteiger partial charge in [-0.25, -0.2) is 9.37 Å². The van der Waals surface area contributed by atoms with Gasteiger partial charge in [0.15, 0.2) is 0 Å². The van der Waals surface area contributed by atoms with Gasteiger partial charge in [0.1, 0.15) is 11.6 Å². The molecule has 29 heavy (non-hydrogen) atoms. The lowest BCUT2D eigenvalue weighted by Gasteiger charge is -2.23. The molecule has 1 aliphatic heterocycles. The van der Waals surface area contributed by atoms with Crippen molar-refractivity contribution in [2.24, 2.45) is 4.99 Å². The average Bonchev–Trinajstić information content (AvgIpc) is 2.72. The quantitative estimate of drug-likeness (QED) is 0.656. The van der Waals surface area contributed by atoms with Crippen LogP contribution >= 0.6 is 0 Å². The van der Waals surface area contributed by atoms with Crippen molar-refractivity contribution in [3.05, 3.63) is 77.7 Å². The second kappa shape index (κ2) is 8.32. The van der Waals surface area contributed by atoms with Crippen LogP contribution in [0.5, 0.6) is 0 Å². The van der Waals surface area contributed by atoms with Gasteiger partial charge in [-0.1, -0.05) is 24.3 Å². The standard InChI is InChI=1S/C23H21FN4O/c1-15(29)28-23-11-17(8-9-25-23)21-7-6-19(24)12-22(21)27-14-20-10-16-4-2-3-5-18(16)13-26-20/h2-9,11-12,14,20,26H,10,13H2,1H3,(H,25,28,29)/t20-/m0/s1. The van der Waals surface area contributed by atoms with Crippen LogP contribution in [0.2, 0.25) is 0 Å². The Morgan fingerprint density at radius 3 is 2.86 bits per heavy atom. The molecule has 0 aliphatic carbocycles. The van der Waals surface area contributed by atoms with Crippen molar-refractivity contribution >= 4 is 23.6 Å². The third-order valence-electron chi connectivity index (χ3n) is 4.84. The van der Waals surface area contributed by atoms with E-state index in [2.05, 4.69) is 32.7 Å². The van der Waals surface area contributed by atoms with E-state index in [1.807, 2.05) is 24.4 Å². The highest BCUT2D eigenvalue weighted by molar-refractivity contribution is 5.89. The Balaban J connectivity index is 1.61. The van der Waals surface area contributed by atoms with Gasteiger partial charge in [-0.3, -0.25) is 9.79 Å². The van der Waals surface area contributed by atoms with Crippen LogP contribution in [0.15, 0.2) is 65.8 Å². The number of carbonyl (C=O) groups excluding carboxylic acids is 1. The van der Waals surface area contributed by atoms with Crippen LogP contribution < -0.4 is 10.6 Å². The zero-order valence-electron chi connectivity index (χ0n) is 16.0. The maximum absolute atomic E-state index is 13.9. The Bertz CT molecular complexity index is 1080. The fraction of sp³-hybridized carbons (Fsp3) is 0.174. The SMILES string of the molecule is CC(=O)Nc1cc(-c2ccc(F)cc2N=C[C@@H]2Cc3ccccc3CN2)ccn1. The van der Waals surface area contributed by atoms with Gasteiger partial charge in [-0.05, 0) is 47.4 Å². The van der Waals surface area contributed by atoms with E-state index in [9.17, 15) is 9.18 Å². The monoisotopic (exact) mass is 388 g/mol. The predicted octanol–water partition coefficient (Wildman–Crippen LogP) is 4.26. The maximum Gasteiger partial charge on any atom is 0.222 e.